The van der Waals surface area contributed by atoms with E-state index in [2.05, 4.69) is 27.8 Å². The van der Waals surface area contributed by atoms with Gasteiger partial charge in [-0.1, -0.05) is 40.2 Å². The molecule has 5 heteroatoms. The molecule has 0 spiro atoms. The summed E-state index contributed by atoms with van der Waals surface area (Å²) in [6.45, 7) is 5.91. The Labute approximate surface area is 138 Å². The topological polar surface area (TPSA) is 46.2 Å². The summed E-state index contributed by atoms with van der Waals surface area (Å²) < 4.78 is 26.6. The van der Waals surface area contributed by atoms with Crippen LogP contribution in [0.3, 0.4) is 0 Å². The summed E-state index contributed by atoms with van der Waals surface area (Å²) in [4.78, 5) is 0.528. The standard InChI is InChI=1S/C17H14BrNO2S/c1-11-3-8-15-16(9-11)12(2)19-10-17(15)22(20,21)14-6-4-13(18)5-7-14/h3-10,19H,2H2,1H3. The summed E-state index contributed by atoms with van der Waals surface area (Å²) in [5, 5.41) is 2.96. The smallest absolute Gasteiger partial charge is 0.208 e. The minimum absolute atomic E-state index is 0.261. The van der Waals surface area contributed by atoms with E-state index in [-0.39, 0.29) is 9.80 Å². The molecule has 0 saturated carbocycles. The maximum Gasteiger partial charge on any atom is 0.208 e. The van der Waals surface area contributed by atoms with Gasteiger partial charge in [-0.3, -0.25) is 0 Å². The highest BCUT2D eigenvalue weighted by molar-refractivity contribution is 9.10. The van der Waals surface area contributed by atoms with Crippen molar-refractivity contribution >= 4 is 36.4 Å². The maximum absolute atomic E-state index is 12.9. The summed E-state index contributed by atoms with van der Waals surface area (Å²) >= 11 is 3.32. The highest BCUT2D eigenvalue weighted by Gasteiger charge is 2.27. The predicted molar refractivity (Wildman–Crippen MR) is 92.7 cm³/mol. The Morgan fingerprint density at radius 1 is 1.05 bits per heavy atom. The highest BCUT2D eigenvalue weighted by atomic mass is 79.9. The number of hydrogen-bond donors (Lipinski definition) is 1. The average Bonchev–Trinajstić information content (AvgIpc) is 2.48. The monoisotopic (exact) mass is 375 g/mol. The van der Waals surface area contributed by atoms with Crippen molar-refractivity contribution in [2.24, 2.45) is 0 Å². The molecule has 3 nitrogen and oxygen atoms in total. The number of nitrogens with one attached hydrogen (secondary N) is 1. The third-order valence-electron chi connectivity index (χ3n) is 3.56. The second-order valence-electron chi connectivity index (χ2n) is 5.14. The van der Waals surface area contributed by atoms with Crippen LogP contribution in [-0.4, -0.2) is 8.42 Å². The van der Waals surface area contributed by atoms with E-state index >= 15 is 0 Å². The first-order valence-electron chi connectivity index (χ1n) is 6.67. The number of fused-ring (bicyclic) bond motifs is 1. The lowest BCUT2D eigenvalue weighted by atomic mass is 10.00. The molecule has 0 fully saturated rings. The van der Waals surface area contributed by atoms with Gasteiger partial charge >= 0.3 is 0 Å². The fraction of sp³-hybridized carbons (Fsp3) is 0.0588. The van der Waals surface area contributed by atoms with E-state index in [9.17, 15) is 8.42 Å². The van der Waals surface area contributed by atoms with Gasteiger partial charge in [0.05, 0.1) is 9.80 Å². The molecule has 0 aliphatic carbocycles. The molecule has 0 atom stereocenters. The number of benzene rings is 2. The largest absolute Gasteiger partial charge is 0.360 e. The zero-order valence-electron chi connectivity index (χ0n) is 11.9. The third-order valence-corrected chi connectivity index (χ3v) is 5.89. The molecule has 112 valence electrons. The SMILES string of the molecule is C=C1NC=C(S(=O)(=O)c2ccc(Br)cc2)c2ccc(C)cc21. The van der Waals surface area contributed by atoms with Crippen LogP contribution in [0.15, 0.2) is 64.6 Å². The highest BCUT2D eigenvalue weighted by Crippen LogP contribution is 2.35. The van der Waals surface area contributed by atoms with Gasteiger partial charge < -0.3 is 5.32 Å². The van der Waals surface area contributed by atoms with E-state index in [1.807, 2.05) is 25.1 Å². The Hall–Kier alpha value is -1.85. The van der Waals surface area contributed by atoms with E-state index in [1.165, 1.54) is 6.20 Å². The van der Waals surface area contributed by atoms with Crippen LogP contribution in [0.2, 0.25) is 0 Å². The maximum atomic E-state index is 12.9. The van der Waals surface area contributed by atoms with Crippen LogP contribution >= 0.6 is 15.9 Å². The summed E-state index contributed by atoms with van der Waals surface area (Å²) in [6, 6.07) is 12.3. The van der Waals surface area contributed by atoms with Crippen molar-refractivity contribution in [3.8, 4) is 0 Å². The van der Waals surface area contributed by atoms with Gasteiger partial charge in [-0.15, -0.1) is 0 Å². The molecule has 0 radical (unpaired) electrons. The lowest BCUT2D eigenvalue weighted by Gasteiger charge is -2.21. The van der Waals surface area contributed by atoms with Crippen molar-refractivity contribution in [3.63, 3.8) is 0 Å². The third kappa shape index (κ3) is 2.51. The molecule has 1 heterocycles. The average molecular weight is 376 g/mol. The van der Waals surface area contributed by atoms with Crippen LogP contribution in [-0.2, 0) is 9.84 Å². The van der Waals surface area contributed by atoms with Crippen molar-refractivity contribution in [2.45, 2.75) is 11.8 Å². The minimum atomic E-state index is -3.59. The number of aryl methyl sites for hydroxylation is 1. The Morgan fingerprint density at radius 3 is 2.41 bits per heavy atom. The molecule has 1 aliphatic heterocycles. The number of rotatable bonds is 2. The van der Waals surface area contributed by atoms with E-state index in [1.54, 1.807) is 24.3 Å². The van der Waals surface area contributed by atoms with Crippen LogP contribution in [0, 0.1) is 6.92 Å². The van der Waals surface area contributed by atoms with Gasteiger partial charge in [0, 0.05) is 27.5 Å². The summed E-state index contributed by atoms with van der Waals surface area (Å²) in [5.41, 5.74) is 3.26. The van der Waals surface area contributed by atoms with E-state index in [0.717, 1.165) is 15.6 Å². The normalized spacial score (nSPS) is 14.1. The zero-order chi connectivity index (χ0) is 15.9. The molecule has 0 amide bonds. The van der Waals surface area contributed by atoms with Crippen molar-refractivity contribution in [1.82, 2.24) is 5.32 Å². The van der Waals surface area contributed by atoms with Crippen LogP contribution < -0.4 is 5.32 Å². The Balaban J connectivity index is 2.17. The second-order valence-corrected chi connectivity index (χ2v) is 7.97. The minimum Gasteiger partial charge on any atom is -0.360 e. The lowest BCUT2D eigenvalue weighted by Crippen LogP contribution is -2.17. The van der Waals surface area contributed by atoms with Gasteiger partial charge in [-0.25, -0.2) is 8.42 Å². The molecule has 1 N–H and O–H groups in total. The molecule has 0 aromatic heterocycles. The summed E-state index contributed by atoms with van der Waals surface area (Å²) in [5.74, 6) is 0. The molecular weight excluding hydrogens is 362 g/mol. The summed E-state index contributed by atoms with van der Waals surface area (Å²) in [7, 11) is -3.59. The number of hydrogen-bond acceptors (Lipinski definition) is 3. The van der Waals surface area contributed by atoms with Crippen LogP contribution in [0.4, 0.5) is 0 Å². The van der Waals surface area contributed by atoms with E-state index in [0.29, 0.717) is 11.3 Å². The van der Waals surface area contributed by atoms with Crippen molar-refractivity contribution in [2.75, 3.05) is 0 Å². The Bertz CT molecular complexity index is 897. The van der Waals surface area contributed by atoms with Gasteiger partial charge in [0.25, 0.3) is 0 Å². The first-order valence-corrected chi connectivity index (χ1v) is 8.95. The van der Waals surface area contributed by atoms with Gasteiger partial charge in [0.2, 0.25) is 9.84 Å². The molecule has 3 rings (SSSR count). The van der Waals surface area contributed by atoms with Crippen molar-refractivity contribution in [1.29, 1.82) is 0 Å². The Morgan fingerprint density at radius 2 is 1.73 bits per heavy atom. The first-order chi connectivity index (χ1) is 10.4. The fourth-order valence-electron chi connectivity index (χ4n) is 2.39. The first kappa shape index (κ1) is 15.1. The molecular formula is C17H14BrNO2S. The molecule has 22 heavy (non-hydrogen) atoms. The number of halogens is 1. The van der Waals surface area contributed by atoms with Crippen LogP contribution in [0.5, 0.6) is 0 Å². The molecule has 2 aromatic carbocycles. The lowest BCUT2D eigenvalue weighted by molar-refractivity contribution is 0.605. The quantitative estimate of drug-likeness (QED) is 0.858. The van der Waals surface area contributed by atoms with Gasteiger partial charge in [0.15, 0.2) is 0 Å². The van der Waals surface area contributed by atoms with Crippen molar-refractivity contribution in [3.05, 3.63) is 76.4 Å². The van der Waals surface area contributed by atoms with E-state index < -0.39 is 9.84 Å². The zero-order valence-corrected chi connectivity index (χ0v) is 14.3. The van der Waals surface area contributed by atoms with Crippen LogP contribution in [0.25, 0.3) is 10.6 Å². The predicted octanol–water partition coefficient (Wildman–Crippen LogP) is 4.10. The van der Waals surface area contributed by atoms with E-state index in [4.69, 9.17) is 0 Å². The molecule has 0 saturated heterocycles. The van der Waals surface area contributed by atoms with Gasteiger partial charge in [0.1, 0.15) is 0 Å². The van der Waals surface area contributed by atoms with Gasteiger partial charge in [-0.05, 0) is 37.3 Å². The van der Waals surface area contributed by atoms with Crippen LogP contribution in [0.1, 0.15) is 16.7 Å². The summed E-state index contributed by atoms with van der Waals surface area (Å²) in [6.07, 6.45) is 1.51. The molecule has 1 aliphatic rings. The Kier molecular flexibility index (Phi) is 3.70. The fourth-order valence-corrected chi connectivity index (χ4v) is 4.09. The molecule has 0 bridgehead atoms. The van der Waals surface area contributed by atoms with Crippen molar-refractivity contribution < 1.29 is 8.42 Å². The number of sulfone groups is 1. The van der Waals surface area contributed by atoms with Gasteiger partial charge in [-0.2, -0.15) is 0 Å². The molecule has 0 unspecified atom stereocenters. The second kappa shape index (κ2) is 5.41. The molecule has 2 aromatic rings.